The first-order chi connectivity index (χ1) is 9.32. The van der Waals surface area contributed by atoms with Crippen LogP contribution < -0.4 is 0 Å². The van der Waals surface area contributed by atoms with Gasteiger partial charge >= 0.3 is 0 Å². The van der Waals surface area contributed by atoms with Crippen molar-refractivity contribution >= 4 is 23.1 Å². The quantitative estimate of drug-likeness (QED) is 0.486. The van der Waals surface area contributed by atoms with Crippen molar-refractivity contribution in [2.75, 3.05) is 0 Å². The summed E-state index contributed by atoms with van der Waals surface area (Å²) in [5.41, 5.74) is 2.55. The van der Waals surface area contributed by atoms with Crippen molar-refractivity contribution in [3.63, 3.8) is 0 Å². The van der Waals surface area contributed by atoms with Crippen molar-refractivity contribution in [1.82, 2.24) is 4.98 Å². The van der Waals surface area contributed by atoms with Gasteiger partial charge in [0.1, 0.15) is 16.1 Å². The number of rotatable bonds is 3. The maximum absolute atomic E-state index is 11.9. The van der Waals surface area contributed by atoms with Crippen molar-refractivity contribution < 1.29 is 4.55 Å². The predicted molar refractivity (Wildman–Crippen MR) is 86.8 cm³/mol. The Bertz CT molecular complexity index is 574. The summed E-state index contributed by atoms with van der Waals surface area (Å²) in [6.45, 7) is 9.34. The molecule has 4 heteroatoms. The lowest BCUT2D eigenvalue weighted by atomic mass is 10.2. The molecule has 1 aromatic heterocycles. The van der Waals surface area contributed by atoms with E-state index in [1.165, 1.54) is 0 Å². The first-order valence-electron chi connectivity index (χ1n) is 6.36. The molecule has 0 aliphatic rings. The van der Waals surface area contributed by atoms with Crippen molar-refractivity contribution in [1.29, 1.82) is 0 Å². The molecule has 1 rings (SSSR count). The Morgan fingerprint density at radius 1 is 1.40 bits per heavy atom. The summed E-state index contributed by atoms with van der Waals surface area (Å²) in [5.74, 6) is 5.80. The molecule has 1 unspecified atom stereocenters. The summed E-state index contributed by atoms with van der Waals surface area (Å²) in [6.07, 6.45) is 7.21. The largest absolute Gasteiger partial charge is 0.591 e. The summed E-state index contributed by atoms with van der Waals surface area (Å²) in [4.78, 5) is 4.13. The monoisotopic (exact) mass is 288 g/mol. The Morgan fingerprint density at radius 3 is 2.70 bits per heavy atom. The van der Waals surface area contributed by atoms with Gasteiger partial charge in [-0.15, -0.1) is 5.92 Å². The molecular weight excluding hydrogens is 268 g/mol. The SMILES string of the molecule is CC#Cc1cncc(/C=C/C(C)=N[S+]([O-])C(C)(C)C)c1. The summed E-state index contributed by atoms with van der Waals surface area (Å²) in [6, 6.07) is 1.95. The molecule has 1 heterocycles. The smallest absolute Gasteiger partial charge is 0.144 e. The Labute approximate surface area is 124 Å². The van der Waals surface area contributed by atoms with E-state index in [1.54, 1.807) is 19.3 Å². The van der Waals surface area contributed by atoms with Crippen LogP contribution in [0.1, 0.15) is 45.7 Å². The number of aromatic nitrogens is 1. The van der Waals surface area contributed by atoms with Crippen LogP contribution in [0.25, 0.3) is 6.08 Å². The van der Waals surface area contributed by atoms with Crippen molar-refractivity contribution in [3.05, 3.63) is 35.7 Å². The topological polar surface area (TPSA) is 48.3 Å². The summed E-state index contributed by atoms with van der Waals surface area (Å²) in [5, 5.41) is 0. The second-order valence-electron chi connectivity index (χ2n) is 5.31. The van der Waals surface area contributed by atoms with E-state index in [1.807, 2.05) is 45.9 Å². The Balaban J connectivity index is 2.84. The molecule has 0 saturated carbocycles. The highest BCUT2D eigenvalue weighted by molar-refractivity contribution is 7.91. The van der Waals surface area contributed by atoms with Gasteiger partial charge in [0, 0.05) is 18.0 Å². The van der Waals surface area contributed by atoms with Gasteiger partial charge < -0.3 is 4.55 Å². The fraction of sp³-hybridized carbons (Fsp3) is 0.375. The molecule has 0 N–H and O–H groups in total. The standard InChI is InChI=1S/C16H20N2OS/c1-6-7-14-10-15(12-17-11-14)9-8-13(2)18-20(19)16(3,4)5/h8-12H,1-5H3/b9-8+,18-13?. The number of hydrogen-bond acceptors (Lipinski definition) is 3. The van der Waals surface area contributed by atoms with E-state index in [0.717, 1.165) is 16.8 Å². The Morgan fingerprint density at radius 2 is 2.10 bits per heavy atom. The van der Waals surface area contributed by atoms with Crippen LogP contribution in [-0.2, 0) is 11.4 Å². The molecule has 0 bridgehead atoms. The highest BCUT2D eigenvalue weighted by Crippen LogP contribution is 2.17. The van der Waals surface area contributed by atoms with Crippen LogP contribution in [0.2, 0.25) is 0 Å². The van der Waals surface area contributed by atoms with E-state index in [0.29, 0.717) is 0 Å². The van der Waals surface area contributed by atoms with E-state index >= 15 is 0 Å². The molecule has 0 fully saturated rings. The summed E-state index contributed by atoms with van der Waals surface area (Å²) < 4.78 is 15.7. The van der Waals surface area contributed by atoms with Gasteiger partial charge in [-0.1, -0.05) is 16.4 Å². The third kappa shape index (κ3) is 5.60. The minimum atomic E-state index is -1.23. The molecule has 20 heavy (non-hydrogen) atoms. The van der Waals surface area contributed by atoms with Gasteiger partial charge in [-0.2, -0.15) is 0 Å². The average molecular weight is 288 g/mol. The van der Waals surface area contributed by atoms with E-state index in [-0.39, 0.29) is 4.75 Å². The van der Waals surface area contributed by atoms with E-state index in [2.05, 4.69) is 21.2 Å². The van der Waals surface area contributed by atoms with Gasteiger partial charge in [0.25, 0.3) is 0 Å². The summed E-state index contributed by atoms with van der Waals surface area (Å²) in [7, 11) is 0. The Kier molecular flexibility index (Phi) is 6.00. The Hall–Kier alpha value is -1.57. The molecule has 0 radical (unpaired) electrons. The van der Waals surface area contributed by atoms with Crippen LogP contribution in [0, 0.1) is 11.8 Å². The molecule has 3 nitrogen and oxygen atoms in total. The lowest BCUT2D eigenvalue weighted by Crippen LogP contribution is -2.26. The molecule has 0 saturated heterocycles. The van der Waals surface area contributed by atoms with Gasteiger partial charge in [-0.05, 0) is 52.3 Å². The first kappa shape index (κ1) is 16.5. The lowest BCUT2D eigenvalue weighted by molar-refractivity contribution is 0.561. The molecule has 0 aliphatic heterocycles. The zero-order valence-electron chi connectivity index (χ0n) is 12.6. The summed E-state index contributed by atoms with van der Waals surface area (Å²) >= 11 is -1.23. The molecule has 0 aliphatic carbocycles. The van der Waals surface area contributed by atoms with Gasteiger partial charge in [0.2, 0.25) is 0 Å². The molecule has 0 spiro atoms. The van der Waals surface area contributed by atoms with E-state index < -0.39 is 11.4 Å². The first-order valence-corrected chi connectivity index (χ1v) is 7.47. The van der Waals surface area contributed by atoms with Crippen LogP contribution in [0.15, 0.2) is 28.9 Å². The predicted octanol–water partition coefficient (Wildman–Crippen LogP) is 3.39. The fourth-order valence-corrected chi connectivity index (χ4v) is 1.87. The molecular formula is C16H20N2OS. The van der Waals surface area contributed by atoms with Gasteiger partial charge in [0.15, 0.2) is 0 Å². The zero-order valence-corrected chi connectivity index (χ0v) is 13.4. The lowest BCUT2D eigenvalue weighted by Gasteiger charge is -2.18. The van der Waals surface area contributed by atoms with Crippen molar-refractivity contribution in [3.8, 4) is 11.8 Å². The van der Waals surface area contributed by atoms with Gasteiger partial charge in [-0.25, -0.2) is 0 Å². The highest BCUT2D eigenvalue weighted by Gasteiger charge is 2.26. The minimum absolute atomic E-state index is 0.340. The van der Waals surface area contributed by atoms with Crippen molar-refractivity contribution in [2.45, 2.75) is 39.4 Å². The normalized spacial score (nSPS) is 14.0. The maximum atomic E-state index is 11.9. The fourth-order valence-electron chi connectivity index (χ4n) is 1.28. The molecule has 106 valence electrons. The van der Waals surface area contributed by atoms with Crippen molar-refractivity contribution in [2.24, 2.45) is 4.40 Å². The van der Waals surface area contributed by atoms with Gasteiger partial charge in [0.05, 0.1) is 5.71 Å². The zero-order chi connectivity index (χ0) is 15.2. The van der Waals surface area contributed by atoms with Gasteiger partial charge in [-0.3, -0.25) is 4.98 Å². The van der Waals surface area contributed by atoms with Crippen LogP contribution in [0.5, 0.6) is 0 Å². The highest BCUT2D eigenvalue weighted by atomic mass is 32.2. The van der Waals surface area contributed by atoms with E-state index in [4.69, 9.17) is 0 Å². The van der Waals surface area contributed by atoms with E-state index in [9.17, 15) is 4.55 Å². The van der Waals surface area contributed by atoms with Crippen LogP contribution in [0.4, 0.5) is 0 Å². The molecule has 0 aromatic carbocycles. The minimum Gasteiger partial charge on any atom is -0.591 e. The maximum Gasteiger partial charge on any atom is 0.144 e. The average Bonchev–Trinajstić information content (AvgIpc) is 2.36. The van der Waals surface area contributed by atoms with Crippen LogP contribution in [-0.4, -0.2) is 20.0 Å². The molecule has 1 atom stereocenters. The third-order valence-electron chi connectivity index (χ3n) is 2.30. The number of hydrogen-bond donors (Lipinski definition) is 0. The number of nitrogens with zero attached hydrogens (tertiary/aromatic N) is 2. The molecule has 0 amide bonds. The second kappa shape index (κ2) is 7.28. The number of pyridine rings is 1. The second-order valence-corrected chi connectivity index (χ2v) is 7.22. The third-order valence-corrected chi connectivity index (χ3v) is 3.80. The molecule has 1 aromatic rings. The van der Waals surface area contributed by atoms with Crippen LogP contribution in [0.3, 0.4) is 0 Å². The van der Waals surface area contributed by atoms with Crippen LogP contribution >= 0.6 is 0 Å². The number of allylic oxidation sites excluding steroid dienone is 1.